The first-order chi connectivity index (χ1) is 13.9. The van der Waals surface area contributed by atoms with Gasteiger partial charge >= 0.3 is 5.97 Å². The van der Waals surface area contributed by atoms with Gasteiger partial charge in [0.25, 0.3) is 0 Å². The lowest BCUT2D eigenvalue weighted by Gasteiger charge is -2.14. The Balaban J connectivity index is 1.73. The molecule has 1 aromatic rings. The molecule has 0 spiro atoms. The van der Waals surface area contributed by atoms with Crippen molar-refractivity contribution in [3.8, 4) is 0 Å². The van der Waals surface area contributed by atoms with Crippen LogP contribution in [0.4, 0.5) is 0 Å². The molecule has 0 bridgehead atoms. The summed E-state index contributed by atoms with van der Waals surface area (Å²) < 4.78 is 1.15. The maximum Gasteiger partial charge on any atom is 0.303 e. The number of hydrogen-bond donors (Lipinski definition) is 2. The van der Waals surface area contributed by atoms with Crippen molar-refractivity contribution in [1.29, 1.82) is 0 Å². The maximum atomic E-state index is 12.3. The van der Waals surface area contributed by atoms with E-state index in [2.05, 4.69) is 28.9 Å². The molecular weight excluding hydrogens is 452 g/mol. The first-order valence-electron chi connectivity index (χ1n) is 10.4. The van der Waals surface area contributed by atoms with Crippen LogP contribution in [0.3, 0.4) is 0 Å². The minimum Gasteiger partial charge on any atom is -0.481 e. The van der Waals surface area contributed by atoms with Gasteiger partial charge in [-0.15, -0.1) is 11.3 Å². The summed E-state index contributed by atoms with van der Waals surface area (Å²) in [6.45, 7) is 2.09. The van der Waals surface area contributed by atoms with Crippen LogP contribution in [0.1, 0.15) is 67.5 Å². The maximum absolute atomic E-state index is 12.3. The van der Waals surface area contributed by atoms with E-state index in [0.717, 1.165) is 43.0 Å². The van der Waals surface area contributed by atoms with E-state index in [-0.39, 0.29) is 24.2 Å². The molecule has 0 aromatic carbocycles. The number of ketones is 1. The third kappa shape index (κ3) is 8.57. The standard InChI is InChI=1S/C23H31BrO4S/c1-16-21(24)15-19(29-16)8-6-7-18(25)13-11-17-12-14-22(26)20(17)9-4-2-3-5-10-23(27)28/h2,4,11,15,20,22,26H,3,5-10,12-14H2,1H3,(H,27,28)/t20-,22?/m1/s1. The van der Waals surface area contributed by atoms with Gasteiger partial charge in [-0.05, 0) is 73.9 Å². The number of thiophene rings is 1. The molecule has 1 aliphatic rings. The lowest BCUT2D eigenvalue weighted by molar-refractivity contribution is -0.137. The molecule has 2 N–H and O–H groups in total. The van der Waals surface area contributed by atoms with Crippen LogP contribution < -0.4 is 0 Å². The molecule has 0 saturated heterocycles. The molecule has 29 heavy (non-hydrogen) atoms. The zero-order valence-electron chi connectivity index (χ0n) is 17.0. The second-order valence-electron chi connectivity index (χ2n) is 7.70. The number of carboxylic acid groups (broad SMARTS) is 1. The summed E-state index contributed by atoms with van der Waals surface area (Å²) in [6.07, 6.45) is 12.5. The topological polar surface area (TPSA) is 74.6 Å². The lowest BCUT2D eigenvalue weighted by Crippen LogP contribution is -2.13. The Labute approximate surface area is 185 Å². The highest BCUT2D eigenvalue weighted by Gasteiger charge is 2.28. The molecule has 0 amide bonds. The van der Waals surface area contributed by atoms with E-state index >= 15 is 0 Å². The van der Waals surface area contributed by atoms with Crippen LogP contribution in [0.25, 0.3) is 0 Å². The number of aryl methyl sites for hydroxylation is 2. The number of carbonyl (C=O) groups is 2. The number of aliphatic carboxylic acids is 1. The summed E-state index contributed by atoms with van der Waals surface area (Å²) in [7, 11) is 0. The molecule has 1 aliphatic carbocycles. The predicted molar refractivity (Wildman–Crippen MR) is 121 cm³/mol. The number of rotatable bonds is 12. The molecule has 6 heteroatoms. The third-order valence-corrected chi connectivity index (χ3v) is 7.56. The lowest BCUT2D eigenvalue weighted by atomic mass is 9.95. The minimum absolute atomic E-state index is 0.0879. The molecule has 0 radical (unpaired) electrons. The monoisotopic (exact) mass is 482 g/mol. The van der Waals surface area contributed by atoms with Crippen LogP contribution >= 0.6 is 27.3 Å². The Morgan fingerprint density at radius 3 is 2.76 bits per heavy atom. The van der Waals surface area contributed by atoms with Crippen LogP contribution in [-0.2, 0) is 16.0 Å². The second-order valence-corrected chi connectivity index (χ2v) is 9.89. The van der Waals surface area contributed by atoms with Gasteiger partial charge in [-0.25, -0.2) is 0 Å². The Morgan fingerprint density at radius 1 is 1.28 bits per heavy atom. The fraction of sp³-hybridized carbons (Fsp3) is 0.565. The summed E-state index contributed by atoms with van der Waals surface area (Å²) in [5, 5.41) is 18.9. The van der Waals surface area contributed by atoms with Gasteiger partial charge in [0, 0.05) is 39.4 Å². The summed E-state index contributed by atoms with van der Waals surface area (Å²) in [4.78, 5) is 25.4. The number of halogens is 1. The second kappa shape index (κ2) is 12.5. The first kappa shape index (κ1) is 24.0. The van der Waals surface area contributed by atoms with Gasteiger partial charge in [0.05, 0.1) is 6.10 Å². The molecular formula is C23H31BrO4S. The number of carbonyl (C=O) groups excluding carboxylic acids is 1. The Kier molecular flexibility index (Phi) is 10.3. The number of aliphatic hydroxyl groups is 1. The molecule has 0 aliphatic heterocycles. The van der Waals surface area contributed by atoms with Gasteiger partial charge in [-0.1, -0.05) is 23.8 Å². The Hall–Kier alpha value is -1.24. The van der Waals surface area contributed by atoms with Gasteiger partial charge in [0.15, 0.2) is 0 Å². The van der Waals surface area contributed by atoms with E-state index in [1.165, 1.54) is 15.3 Å². The van der Waals surface area contributed by atoms with Crippen molar-refractivity contribution in [2.75, 3.05) is 0 Å². The fourth-order valence-corrected chi connectivity index (χ4v) is 5.33. The average Bonchev–Trinajstić information content (AvgIpc) is 3.17. The summed E-state index contributed by atoms with van der Waals surface area (Å²) in [5.41, 5.74) is 1.19. The number of aliphatic hydroxyl groups excluding tert-OH is 1. The highest BCUT2D eigenvalue weighted by atomic mass is 79.9. The van der Waals surface area contributed by atoms with Crippen molar-refractivity contribution in [2.24, 2.45) is 5.92 Å². The zero-order chi connectivity index (χ0) is 21.2. The highest BCUT2D eigenvalue weighted by molar-refractivity contribution is 9.10. The SMILES string of the molecule is Cc1sc(CCCC(=O)CC=C2CCC(O)[C@@H]2CC=CCCCC(=O)O)cc1Br. The van der Waals surface area contributed by atoms with Gasteiger partial charge in [-0.2, -0.15) is 0 Å². The number of hydrogen-bond acceptors (Lipinski definition) is 4. The van der Waals surface area contributed by atoms with Crippen LogP contribution in [0, 0.1) is 12.8 Å². The third-order valence-electron chi connectivity index (χ3n) is 5.37. The number of allylic oxidation sites excluding steroid dienone is 3. The number of unbranched alkanes of at least 4 members (excludes halogenated alkanes) is 1. The van der Waals surface area contributed by atoms with Crippen molar-refractivity contribution in [3.63, 3.8) is 0 Å². The van der Waals surface area contributed by atoms with Gasteiger partial charge in [-0.3, -0.25) is 9.59 Å². The van der Waals surface area contributed by atoms with Crippen molar-refractivity contribution < 1.29 is 19.8 Å². The van der Waals surface area contributed by atoms with E-state index in [1.807, 2.05) is 18.2 Å². The molecule has 1 unspecified atom stereocenters. The van der Waals surface area contributed by atoms with E-state index in [1.54, 1.807) is 11.3 Å². The number of Topliss-reactive ketones (excluding diaryl/α,β-unsaturated/α-hetero) is 1. The minimum atomic E-state index is -0.766. The molecule has 1 saturated carbocycles. The number of carboxylic acids is 1. The van der Waals surface area contributed by atoms with Crippen molar-refractivity contribution in [1.82, 2.24) is 0 Å². The van der Waals surface area contributed by atoms with Gasteiger partial charge < -0.3 is 10.2 Å². The van der Waals surface area contributed by atoms with Gasteiger partial charge in [0.1, 0.15) is 5.78 Å². The van der Waals surface area contributed by atoms with E-state index in [4.69, 9.17) is 5.11 Å². The van der Waals surface area contributed by atoms with Crippen LogP contribution in [0.2, 0.25) is 0 Å². The first-order valence-corrected chi connectivity index (χ1v) is 12.0. The summed E-state index contributed by atoms with van der Waals surface area (Å²) in [6, 6.07) is 2.14. The smallest absolute Gasteiger partial charge is 0.303 e. The summed E-state index contributed by atoms with van der Waals surface area (Å²) >= 11 is 5.31. The average molecular weight is 483 g/mol. The van der Waals surface area contributed by atoms with Crippen LogP contribution in [0.5, 0.6) is 0 Å². The zero-order valence-corrected chi connectivity index (χ0v) is 19.4. The van der Waals surface area contributed by atoms with Gasteiger partial charge in [0.2, 0.25) is 0 Å². The van der Waals surface area contributed by atoms with Crippen molar-refractivity contribution in [3.05, 3.63) is 44.1 Å². The molecule has 2 atom stereocenters. The summed E-state index contributed by atoms with van der Waals surface area (Å²) in [5.74, 6) is -0.419. The highest BCUT2D eigenvalue weighted by Crippen LogP contribution is 2.34. The van der Waals surface area contributed by atoms with E-state index in [9.17, 15) is 14.7 Å². The van der Waals surface area contributed by atoms with Crippen LogP contribution in [0.15, 0.2) is 34.3 Å². The fourth-order valence-electron chi connectivity index (χ4n) is 3.69. The van der Waals surface area contributed by atoms with E-state index < -0.39 is 5.97 Å². The quantitative estimate of drug-likeness (QED) is 0.283. The molecule has 160 valence electrons. The molecule has 4 nitrogen and oxygen atoms in total. The molecule has 1 fully saturated rings. The Bertz CT molecular complexity index is 731. The van der Waals surface area contributed by atoms with Crippen LogP contribution in [-0.4, -0.2) is 28.1 Å². The Morgan fingerprint density at radius 2 is 2.07 bits per heavy atom. The molecule has 1 aromatic heterocycles. The van der Waals surface area contributed by atoms with Crippen molar-refractivity contribution >= 4 is 39.0 Å². The normalized spacial score (nSPS) is 20.7. The molecule has 1 heterocycles. The van der Waals surface area contributed by atoms with Crippen molar-refractivity contribution in [2.45, 2.75) is 77.2 Å². The molecule has 2 rings (SSSR count). The largest absolute Gasteiger partial charge is 0.481 e. The van der Waals surface area contributed by atoms with E-state index in [0.29, 0.717) is 19.3 Å². The predicted octanol–water partition coefficient (Wildman–Crippen LogP) is 6.00.